The van der Waals surface area contributed by atoms with Gasteiger partial charge in [0, 0.05) is 22.6 Å². The van der Waals surface area contributed by atoms with Crippen LogP contribution in [0.5, 0.6) is 11.5 Å². The number of phenolic OH excluding ortho intramolecular Hbond substituents is 1. The third kappa shape index (κ3) is 4.72. The van der Waals surface area contributed by atoms with Gasteiger partial charge in [-0.3, -0.25) is 4.79 Å². The molecule has 0 atom stereocenters. The SMILES string of the molecule is Cc1ccc(C)n1-c1ccc(OCc2ccc(C(=O)NN=Cc3c(O)ccc4ccccc34)o2)cc1. The van der Waals surface area contributed by atoms with Gasteiger partial charge in [0.05, 0.1) is 6.21 Å². The average molecular weight is 480 g/mol. The van der Waals surface area contributed by atoms with Crippen molar-refractivity contribution >= 4 is 22.9 Å². The van der Waals surface area contributed by atoms with E-state index in [-0.39, 0.29) is 18.1 Å². The number of benzene rings is 3. The van der Waals surface area contributed by atoms with Crippen molar-refractivity contribution < 1.29 is 19.1 Å². The van der Waals surface area contributed by atoms with Crippen LogP contribution in [0.4, 0.5) is 0 Å². The number of rotatable bonds is 7. The Morgan fingerprint density at radius 1 is 0.972 bits per heavy atom. The van der Waals surface area contributed by atoms with Gasteiger partial charge in [0.2, 0.25) is 0 Å². The number of aromatic nitrogens is 1. The number of nitrogens with zero attached hydrogens (tertiary/aromatic N) is 2. The molecule has 5 aromatic rings. The van der Waals surface area contributed by atoms with Crippen LogP contribution in [0.15, 0.2) is 94.4 Å². The van der Waals surface area contributed by atoms with Crippen LogP contribution in [-0.2, 0) is 6.61 Å². The maximum absolute atomic E-state index is 12.5. The third-order valence-electron chi connectivity index (χ3n) is 5.94. The van der Waals surface area contributed by atoms with E-state index in [1.807, 2.05) is 54.6 Å². The fourth-order valence-corrected chi connectivity index (χ4v) is 4.13. The molecule has 2 N–H and O–H groups in total. The first-order valence-electron chi connectivity index (χ1n) is 11.5. The molecular formula is C29H25N3O4. The second-order valence-corrected chi connectivity index (χ2v) is 8.42. The largest absolute Gasteiger partial charge is 0.507 e. The Labute approximate surface area is 208 Å². The second kappa shape index (κ2) is 9.84. The number of furan rings is 1. The minimum Gasteiger partial charge on any atom is -0.507 e. The molecule has 0 saturated carbocycles. The quantitative estimate of drug-likeness (QED) is 0.225. The summed E-state index contributed by atoms with van der Waals surface area (Å²) < 4.78 is 13.6. The number of phenols is 1. The molecule has 0 saturated heterocycles. The van der Waals surface area contributed by atoms with E-state index in [1.165, 1.54) is 17.6 Å². The molecule has 7 heteroatoms. The first-order chi connectivity index (χ1) is 17.5. The predicted molar refractivity (Wildman–Crippen MR) is 139 cm³/mol. The number of aromatic hydroxyl groups is 1. The lowest BCUT2D eigenvalue weighted by molar-refractivity contribution is 0.0923. The molecule has 0 fully saturated rings. The minimum absolute atomic E-state index is 0.0794. The molecule has 0 aliphatic rings. The number of hydrazone groups is 1. The van der Waals surface area contributed by atoms with Gasteiger partial charge in [-0.15, -0.1) is 0 Å². The number of nitrogens with one attached hydrogen (secondary N) is 1. The Balaban J connectivity index is 1.19. The monoisotopic (exact) mass is 479 g/mol. The molecule has 0 radical (unpaired) electrons. The zero-order chi connectivity index (χ0) is 25.1. The van der Waals surface area contributed by atoms with Crippen LogP contribution in [0.25, 0.3) is 16.5 Å². The van der Waals surface area contributed by atoms with Crippen molar-refractivity contribution in [2.45, 2.75) is 20.5 Å². The number of ether oxygens (including phenoxy) is 1. The first kappa shape index (κ1) is 23.0. The van der Waals surface area contributed by atoms with Gasteiger partial charge in [-0.25, -0.2) is 5.43 Å². The molecule has 5 rings (SSSR count). The molecule has 180 valence electrons. The summed E-state index contributed by atoms with van der Waals surface area (Å²) in [6.07, 6.45) is 1.42. The predicted octanol–water partition coefficient (Wildman–Crippen LogP) is 5.89. The second-order valence-electron chi connectivity index (χ2n) is 8.42. The van der Waals surface area contributed by atoms with Gasteiger partial charge >= 0.3 is 5.91 Å². The van der Waals surface area contributed by atoms with E-state index in [2.05, 4.69) is 41.1 Å². The van der Waals surface area contributed by atoms with Crippen molar-refractivity contribution in [2.75, 3.05) is 0 Å². The number of hydrogen-bond donors (Lipinski definition) is 2. The lowest BCUT2D eigenvalue weighted by Gasteiger charge is -2.10. The summed E-state index contributed by atoms with van der Waals surface area (Å²) in [4.78, 5) is 12.5. The van der Waals surface area contributed by atoms with Crippen molar-refractivity contribution in [3.63, 3.8) is 0 Å². The highest BCUT2D eigenvalue weighted by atomic mass is 16.5. The molecule has 36 heavy (non-hydrogen) atoms. The molecule has 0 aliphatic heterocycles. The van der Waals surface area contributed by atoms with Crippen molar-refractivity contribution in [1.29, 1.82) is 0 Å². The van der Waals surface area contributed by atoms with Gasteiger partial charge < -0.3 is 18.8 Å². The fourth-order valence-electron chi connectivity index (χ4n) is 4.13. The molecule has 0 aliphatic carbocycles. The number of carbonyl (C=O) groups is 1. The van der Waals surface area contributed by atoms with Gasteiger partial charge in [-0.2, -0.15) is 5.10 Å². The van der Waals surface area contributed by atoms with E-state index in [0.29, 0.717) is 17.1 Å². The lowest BCUT2D eigenvalue weighted by Crippen LogP contribution is -2.16. The maximum atomic E-state index is 12.5. The van der Waals surface area contributed by atoms with E-state index in [1.54, 1.807) is 18.2 Å². The van der Waals surface area contributed by atoms with Crippen LogP contribution >= 0.6 is 0 Å². The molecule has 0 spiro atoms. The van der Waals surface area contributed by atoms with Gasteiger partial charge in [-0.05, 0) is 79.2 Å². The Bertz CT molecular complexity index is 1540. The third-order valence-corrected chi connectivity index (χ3v) is 5.94. The van der Waals surface area contributed by atoms with E-state index < -0.39 is 5.91 Å². The van der Waals surface area contributed by atoms with E-state index in [9.17, 15) is 9.90 Å². The topological polar surface area (TPSA) is 89.0 Å². The molecule has 3 aromatic carbocycles. The smallest absolute Gasteiger partial charge is 0.307 e. The van der Waals surface area contributed by atoms with Gasteiger partial charge in [0.1, 0.15) is 23.9 Å². The zero-order valence-corrected chi connectivity index (χ0v) is 19.9. The van der Waals surface area contributed by atoms with Crippen molar-refractivity contribution in [2.24, 2.45) is 5.10 Å². The number of amides is 1. The lowest BCUT2D eigenvalue weighted by atomic mass is 10.0. The Hall–Kier alpha value is -4.78. The van der Waals surface area contributed by atoms with Gasteiger partial charge in [-0.1, -0.05) is 30.3 Å². The summed E-state index contributed by atoms with van der Waals surface area (Å²) in [5.74, 6) is 0.900. The van der Waals surface area contributed by atoms with Crippen molar-refractivity contribution in [3.05, 3.63) is 113 Å². The summed E-state index contributed by atoms with van der Waals surface area (Å²) in [5.41, 5.74) is 6.36. The maximum Gasteiger partial charge on any atom is 0.307 e. The molecular weight excluding hydrogens is 454 g/mol. The van der Waals surface area contributed by atoms with E-state index in [0.717, 1.165) is 16.5 Å². The number of hydrogen-bond acceptors (Lipinski definition) is 5. The summed E-state index contributed by atoms with van der Waals surface area (Å²) in [5, 5.41) is 16.0. The van der Waals surface area contributed by atoms with E-state index >= 15 is 0 Å². The van der Waals surface area contributed by atoms with Crippen LogP contribution in [0.2, 0.25) is 0 Å². The fraction of sp³-hybridized carbons (Fsp3) is 0.103. The Kier molecular flexibility index (Phi) is 6.28. The number of fused-ring (bicyclic) bond motifs is 1. The summed E-state index contributed by atoms with van der Waals surface area (Å²) in [7, 11) is 0. The first-order valence-corrected chi connectivity index (χ1v) is 11.5. The highest BCUT2D eigenvalue weighted by Crippen LogP contribution is 2.25. The van der Waals surface area contributed by atoms with Crippen LogP contribution in [0.1, 0.15) is 33.3 Å². The van der Waals surface area contributed by atoms with Crippen molar-refractivity contribution in [1.82, 2.24) is 9.99 Å². The average Bonchev–Trinajstić information content (AvgIpc) is 3.50. The summed E-state index contributed by atoms with van der Waals surface area (Å²) >= 11 is 0. The highest BCUT2D eigenvalue weighted by Gasteiger charge is 2.12. The number of carbonyl (C=O) groups excluding carboxylic acids is 1. The minimum atomic E-state index is -0.501. The standard InChI is InChI=1S/C29H25N3O4/c1-19-7-8-20(2)32(19)22-10-12-23(13-11-22)35-18-24-14-16-28(36-24)29(34)31-30-17-26-25-6-4-3-5-21(25)9-15-27(26)33/h3-17,33H,18H2,1-2H3,(H,31,34). The molecule has 7 nitrogen and oxygen atoms in total. The van der Waals surface area contributed by atoms with E-state index in [4.69, 9.17) is 9.15 Å². The molecule has 1 amide bonds. The highest BCUT2D eigenvalue weighted by molar-refractivity contribution is 6.02. The summed E-state index contributed by atoms with van der Waals surface area (Å²) in [6, 6.07) is 26.3. The molecule has 2 aromatic heterocycles. The van der Waals surface area contributed by atoms with Crippen molar-refractivity contribution in [3.8, 4) is 17.2 Å². The van der Waals surface area contributed by atoms with Crippen LogP contribution in [-0.4, -0.2) is 21.8 Å². The van der Waals surface area contributed by atoms with Crippen LogP contribution < -0.4 is 10.2 Å². The summed E-state index contributed by atoms with van der Waals surface area (Å²) in [6.45, 7) is 4.32. The zero-order valence-electron chi connectivity index (χ0n) is 19.9. The Morgan fingerprint density at radius 3 is 2.50 bits per heavy atom. The Morgan fingerprint density at radius 2 is 1.72 bits per heavy atom. The van der Waals surface area contributed by atoms with Gasteiger partial charge in [0.25, 0.3) is 0 Å². The van der Waals surface area contributed by atoms with Crippen LogP contribution in [0, 0.1) is 13.8 Å². The van der Waals surface area contributed by atoms with Crippen LogP contribution in [0.3, 0.4) is 0 Å². The van der Waals surface area contributed by atoms with Gasteiger partial charge in [0.15, 0.2) is 5.76 Å². The normalized spacial score (nSPS) is 11.3. The number of aryl methyl sites for hydroxylation is 2. The molecule has 2 heterocycles. The molecule has 0 unspecified atom stereocenters. The molecule has 0 bridgehead atoms.